The van der Waals surface area contributed by atoms with Crippen molar-refractivity contribution in [3.8, 4) is 0 Å². The number of benzene rings is 1. The van der Waals surface area contributed by atoms with E-state index in [1.165, 1.54) is 26.2 Å². The van der Waals surface area contributed by atoms with Crippen LogP contribution in [0.25, 0.3) is 0 Å². The van der Waals surface area contributed by atoms with E-state index in [2.05, 4.69) is 10.6 Å². The molecule has 0 aliphatic carbocycles. The Hall–Kier alpha value is -1.48. The fourth-order valence-electron chi connectivity index (χ4n) is 2.03. The summed E-state index contributed by atoms with van der Waals surface area (Å²) in [6.07, 6.45) is -0.470. The number of carbonyl (C=O) groups excluding carboxylic acids is 1. The molecule has 22 heavy (non-hydrogen) atoms. The van der Waals surface area contributed by atoms with Gasteiger partial charge in [-0.05, 0) is 17.7 Å². The number of hydrogen-bond donors (Lipinski definition) is 2. The van der Waals surface area contributed by atoms with Crippen LogP contribution in [0.3, 0.4) is 0 Å². The van der Waals surface area contributed by atoms with Gasteiger partial charge in [-0.2, -0.15) is 0 Å². The second kappa shape index (κ2) is 7.19. The van der Waals surface area contributed by atoms with E-state index in [0.717, 1.165) is 16.4 Å². The standard InChI is InChI=1S/C14H21N3O4S/c1-17(2)22(19,20)12-5-3-11(4-6-12)9-16-14(18)13-10-15-7-8-21-13/h3-6,13,15H,7-10H2,1-2H3,(H,16,18). The number of carbonyl (C=O) groups is 1. The van der Waals surface area contributed by atoms with Gasteiger partial charge in [0.25, 0.3) is 5.91 Å². The molecule has 0 saturated carbocycles. The normalized spacial score (nSPS) is 19.1. The first-order valence-corrected chi connectivity index (χ1v) is 8.47. The lowest BCUT2D eigenvalue weighted by atomic mass is 10.2. The van der Waals surface area contributed by atoms with Gasteiger partial charge in [-0.3, -0.25) is 4.79 Å². The smallest absolute Gasteiger partial charge is 0.250 e. The van der Waals surface area contributed by atoms with E-state index < -0.39 is 16.1 Å². The molecular weight excluding hydrogens is 306 g/mol. The third-order valence-electron chi connectivity index (χ3n) is 3.39. The van der Waals surface area contributed by atoms with E-state index in [-0.39, 0.29) is 10.8 Å². The lowest BCUT2D eigenvalue weighted by Crippen LogP contribution is -2.47. The van der Waals surface area contributed by atoms with Crippen molar-refractivity contribution in [3.63, 3.8) is 0 Å². The van der Waals surface area contributed by atoms with Gasteiger partial charge >= 0.3 is 0 Å². The van der Waals surface area contributed by atoms with E-state index in [1.54, 1.807) is 12.1 Å². The molecule has 0 radical (unpaired) electrons. The fourth-order valence-corrected chi connectivity index (χ4v) is 2.93. The van der Waals surface area contributed by atoms with Crippen LogP contribution in [0.4, 0.5) is 0 Å². The number of amides is 1. The lowest BCUT2D eigenvalue weighted by molar-refractivity contribution is -0.134. The van der Waals surface area contributed by atoms with Crippen molar-refractivity contribution in [1.29, 1.82) is 0 Å². The summed E-state index contributed by atoms with van der Waals surface area (Å²) < 4.78 is 30.4. The van der Waals surface area contributed by atoms with Crippen molar-refractivity contribution in [1.82, 2.24) is 14.9 Å². The van der Waals surface area contributed by atoms with Crippen LogP contribution in [0, 0.1) is 0 Å². The van der Waals surface area contributed by atoms with Crippen LogP contribution in [0.1, 0.15) is 5.56 Å². The lowest BCUT2D eigenvalue weighted by Gasteiger charge is -2.22. The summed E-state index contributed by atoms with van der Waals surface area (Å²) in [5, 5.41) is 5.88. The Morgan fingerprint density at radius 1 is 1.36 bits per heavy atom. The summed E-state index contributed by atoms with van der Waals surface area (Å²) >= 11 is 0. The van der Waals surface area contributed by atoms with Crippen LogP contribution in [0.5, 0.6) is 0 Å². The number of nitrogens with zero attached hydrogens (tertiary/aromatic N) is 1. The molecule has 1 amide bonds. The van der Waals surface area contributed by atoms with Gasteiger partial charge in [-0.25, -0.2) is 12.7 Å². The van der Waals surface area contributed by atoms with E-state index in [0.29, 0.717) is 19.7 Å². The number of morpholine rings is 1. The molecule has 0 aromatic heterocycles. The molecule has 7 nitrogen and oxygen atoms in total. The Kier molecular flexibility index (Phi) is 5.52. The molecule has 1 fully saturated rings. The molecular formula is C14H21N3O4S. The molecule has 1 aromatic rings. The maximum absolute atomic E-state index is 11.9. The number of nitrogens with one attached hydrogen (secondary N) is 2. The zero-order valence-electron chi connectivity index (χ0n) is 12.7. The van der Waals surface area contributed by atoms with Gasteiger partial charge in [0, 0.05) is 33.7 Å². The molecule has 1 aliphatic heterocycles. The number of hydrogen-bond acceptors (Lipinski definition) is 5. The summed E-state index contributed by atoms with van der Waals surface area (Å²) in [5.41, 5.74) is 0.829. The van der Waals surface area contributed by atoms with Crippen LogP contribution in [-0.4, -0.2) is 58.5 Å². The van der Waals surface area contributed by atoms with Gasteiger partial charge in [0.05, 0.1) is 11.5 Å². The van der Waals surface area contributed by atoms with Crippen molar-refractivity contribution in [2.24, 2.45) is 0 Å². The molecule has 1 unspecified atom stereocenters. The first kappa shape index (κ1) is 16.9. The van der Waals surface area contributed by atoms with E-state index >= 15 is 0 Å². The molecule has 8 heteroatoms. The van der Waals surface area contributed by atoms with Crippen LogP contribution in [-0.2, 0) is 26.1 Å². The average Bonchev–Trinajstić information content (AvgIpc) is 2.53. The van der Waals surface area contributed by atoms with E-state index in [4.69, 9.17) is 4.74 Å². The highest BCUT2D eigenvalue weighted by Gasteiger charge is 2.21. The SMILES string of the molecule is CN(C)S(=O)(=O)c1ccc(CNC(=O)C2CNCCO2)cc1. The third-order valence-corrected chi connectivity index (χ3v) is 5.22. The fraction of sp³-hybridized carbons (Fsp3) is 0.500. The second-order valence-electron chi connectivity index (χ2n) is 5.21. The van der Waals surface area contributed by atoms with Gasteiger partial charge in [0.15, 0.2) is 0 Å². The molecule has 1 saturated heterocycles. The first-order valence-electron chi connectivity index (χ1n) is 7.03. The maximum Gasteiger partial charge on any atom is 0.250 e. The highest BCUT2D eigenvalue weighted by molar-refractivity contribution is 7.89. The molecule has 1 atom stereocenters. The maximum atomic E-state index is 11.9. The van der Waals surface area contributed by atoms with Gasteiger partial charge in [0.1, 0.15) is 6.10 Å². The summed E-state index contributed by atoms with van der Waals surface area (Å²) in [6.45, 7) is 2.12. The molecule has 1 aromatic carbocycles. The minimum absolute atomic E-state index is 0.169. The summed E-state index contributed by atoms with van der Waals surface area (Å²) in [7, 11) is -0.449. The summed E-state index contributed by atoms with van der Waals surface area (Å²) in [5.74, 6) is -0.169. The summed E-state index contributed by atoms with van der Waals surface area (Å²) in [6, 6.07) is 6.46. The predicted octanol–water partition coefficient (Wildman–Crippen LogP) is -0.458. The molecule has 1 aliphatic rings. The monoisotopic (exact) mass is 327 g/mol. The quantitative estimate of drug-likeness (QED) is 0.764. The van der Waals surface area contributed by atoms with Gasteiger partial charge in [0.2, 0.25) is 10.0 Å². The van der Waals surface area contributed by atoms with Crippen LogP contribution < -0.4 is 10.6 Å². The Morgan fingerprint density at radius 3 is 2.59 bits per heavy atom. The minimum atomic E-state index is -3.42. The number of sulfonamides is 1. The number of ether oxygens (including phenoxy) is 1. The predicted molar refractivity (Wildman–Crippen MR) is 81.8 cm³/mol. The van der Waals surface area contributed by atoms with Gasteiger partial charge in [-0.1, -0.05) is 12.1 Å². The van der Waals surface area contributed by atoms with Crippen molar-refractivity contribution in [3.05, 3.63) is 29.8 Å². The van der Waals surface area contributed by atoms with Crippen molar-refractivity contribution < 1.29 is 17.9 Å². The highest BCUT2D eigenvalue weighted by atomic mass is 32.2. The molecule has 0 bridgehead atoms. The Morgan fingerprint density at radius 2 is 2.05 bits per heavy atom. The van der Waals surface area contributed by atoms with Crippen molar-refractivity contribution >= 4 is 15.9 Å². The van der Waals surface area contributed by atoms with Crippen LogP contribution >= 0.6 is 0 Å². The number of rotatable bonds is 5. The van der Waals surface area contributed by atoms with Gasteiger partial charge < -0.3 is 15.4 Å². The molecule has 2 rings (SSSR count). The molecule has 2 N–H and O–H groups in total. The zero-order valence-corrected chi connectivity index (χ0v) is 13.5. The second-order valence-corrected chi connectivity index (χ2v) is 7.36. The highest BCUT2D eigenvalue weighted by Crippen LogP contribution is 2.14. The summed E-state index contributed by atoms with van der Waals surface area (Å²) in [4.78, 5) is 12.1. The van der Waals surface area contributed by atoms with E-state index in [1.807, 2.05) is 0 Å². The molecule has 122 valence electrons. The topological polar surface area (TPSA) is 87.7 Å². The van der Waals surface area contributed by atoms with Crippen LogP contribution in [0.15, 0.2) is 29.2 Å². The van der Waals surface area contributed by atoms with Crippen molar-refractivity contribution in [2.75, 3.05) is 33.8 Å². The van der Waals surface area contributed by atoms with Gasteiger partial charge in [-0.15, -0.1) is 0 Å². The Labute approximate surface area is 130 Å². The van der Waals surface area contributed by atoms with Crippen LogP contribution in [0.2, 0.25) is 0 Å². The van der Waals surface area contributed by atoms with E-state index in [9.17, 15) is 13.2 Å². The average molecular weight is 327 g/mol. The molecule has 0 spiro atoms. The Balaban J connectivity index is 1.93. The van der Waals surface area contributed by atoms with Crippen molar-refractivity contribution in [2.45, 2.75) is 17.5 Å². The zero-order chi connectivity index (χ0) is 16.2. The third kappa shape index (κ3) is 4.04. The largest absolute Gasteiger partial charge is 0.366 e. The minimum Gasteiger partial charge on any atom is -0.366 e. The Bertz CT molecular complexity index is 607. The first-order chi connectivity index (χ1) is 10.4. The molecule has 1 heterocycles.